The first-order valence-corrected chi connectivity index (χ1v) is 7.40. The number of piperidine rings is 1. The van der Waals surface area contributed by atoms with Gasteiger partial charge in [-0.25, -0.2) is 9.97 Å². The Balaban J connectivity index is 2.13. The molecule has 1 saturated heterocycles. The van der Waals surface area contributed by atoms with Crippen LogP contribution in [0.1, 0.15) is 45.6 Å². The van der Waals surface area contributed by atoms with Crippen LogP contribution in [-0.4, -0.2) is 29.6 Å². The van der Waals surface area contributed by atoms with E-state index in [1.165, 1.54) is 24.8 Å². The van der Waals surface area contributed by atoms with E-state index in [2.05, 4.69) is 47.9 Å². The van der Waals surface area contributed by atoms with E-state index in [0.29, 0.717) is 5.41 Å². The molecule has 0 amide bonds. The Morgan fingerprint density at radius 1 is 1.26 bits per heavy atom. The van der Waals surface area contributed by atoms with Crippen LogP contribution in [0.15, 0.2) is 6.33 Å². The summed E-state index contributed by atoms with van der Waals surface area (Å²) in [4.78, 5) is 11.2. The van der Waals surface area contributed by atoms with Crippen molar-refractivity contribution in [2.75, 3.05) is 29.9 Å². The second kappa shape index (κ2) is 5.76. The highest BCUT2D eigenvalue weighted by Gasteiger charge is 2.29. The number of nitrogens with zero attached hydrogens (tertiary/aromatic N) is 3. The van der Waals surface area contributed by atoms with Gasteiger partial charge in [0.15, 0.2) is 0 Å². The molecule has 19 heavy (non-hydrogen) atoms. The third-order valence-corrected chi connectivity index (χ3v) is 4.53. The van der Waals surface area contributed by atoms with E-state index in [9.17, 15) is 0 Å². The Morgan fingerprint density at radius 2 is 1.95 bits per heavy atom. The average molecular weight is 262 g/mol. The molecule has 1 aliphatic rings. The van der Waals surface area contributed by atoms with Crippen molar-refractivity contribution in [2.24, 2.45) is 5.41 Å². The highest BCUT2D eigenvalue weighted by molar-refractivity contribution is 5.58. The fraction of sp³-hybridized carbons (Fsp3) is 0.733. The molecular weight excluding hydrogens is 236 g/mol. The van der Waals surface area contributed by atoms with Crippen molar-refractivity contribution in [1.82, 2.24) is 9.97 Å². The number of hydrogen-bond acceptors (Lipinski definition) is 4. The van der Waals surface area contributed by atoms with Crippen molar-refractivity contribution in [3.8, 4) is 0 Å². The maximum absolute atomic E-state index is 4.49. The summed E-state index contributed by atoms with van der Waals surface area (Å²) in [5, 5.41) is 3.30. The Bertz CT molecular complexity index is 422. The molecule has 1 aliphatic heterocycles. The standard InChI is InChI=1S/C15H26N4/c1-5-15(4)7-9-19(10-8-15)14-12(3)13(16-6-2)17-11-18-14/h11H,5-10H2,1-4H3,(H,16,17,18). The summed E-state index contributed by atoms with van der Waals surface area (Å²) < 4.78 is 0. The summed E-state index contributed by atoms with van der Waals surface area (Å²) in [6.07, 6.45) is 5.45. The van der Waals surface area contributed by atoms with Crippen LogP contribution in [0.5, 0.6) is 0 Å². The van der Waals surface area contributed by atoms with Gasteiger partial charge in [0.05, 0.1) is 0 Å². The van der Waals surface area contributed by atoms with Crippen LogP contribution in [0.25, 0.3) is 0 Å². The molecule has 0 bridgehead atoms. The normalized spacial score (nSPS) is 18.4. The minimum atomic E-state index is 0.516. The van der Waals surface area contributed by atoms with Crippen LogP contribution in [0, 0.1) is 12.3 Å². The fourth-order valence-corrected chi connectivity index (χ4v) is 2.72. The molecule has 1 aromatic heterocycles. The van der Waals surface area contributed by atoms with Crippen molar-refractivity contribution in [3.63, 3.8) is 0 Å². The first-order chi connectivity index (χ1) is 9.09. The van der Waals surface area contributed by atoms with Crippen LogP contribution in [0.4, 0.5) is 11.6 Å². The highest BCUT2D eigenvalue weighted by Crippen LogP contribution is 2.36. The average Bonchev–Trinajstić information content (AvgIpc) is 2.43. The lowest BCUT2D eigenvalue weighted by Gasteiger charge is -2.40. The first kappa shape index (κ1) is 14.1. The van der Waals surface area contributed by atoms with Gasteiger partial charge in [-0.1, -0.05) is 20.3 Å². The predicted octanol–water partition coefficient (Wildman–Crippen LogP) is 3.23. The Hall–Kier alpha value is -1.32. The lowest BCUT2D eigenvalue weighted by Crippen LogP contribution is -2.39. The molecule has 0 unspecified atom stereocenters. The zero-order valence-corrected chi connectivity index (χ0v) is 12.7. The van der Waals surface area contributed by atoms with Gasteiger partial charge in [0.1, 0.15) is 18.0 Å². The van der Waals surface area contributed by atoms with E-state index in [0.717, 1.165) is 31.3 Å². The van der Waals surface area contributed by atoms with Gasteiger partial charge < -0.3 is 10.2 Å². The van der Waals surface area contributed by atoms with Crippen LogP contribution >= 0.6 is 0 Å². The number of anilines is 2. The molecular formula is C15H26N4. The third-order valence-electron chi connectivity index (χ3n) is 4.53. The van der Waals surface area contributed by atoms with Crippen molar-refractivity contribution in [3.05, 3.63) is 11.9 Å². The maximum atomic E-state index is 4.49. The van der Waals surface area contributed by atoms with E-state index in [1.807, 2.05) is 0 Å². The molecule has 1 fully saturated rings. The van der Waals surface area contributed by atoms with Gasteiger partial charge in [0, 0.05) is 25.2 Å². The lowest BCUT2D eigenvalue weighted by atomic mass is 9.78. The molecule has 0 aliphatic carbocycles. The molecule has 0 saturated carbocycles. The summed E-state index contributed by atoms with van der Waals surface area (Å²) in [6, 6.07) is 0. The topological polar surface area (TPSA) is 41.1 Å². The predicted molar refractivity (Wildman–Crippen MR) is 80.8 cm³/mol. The quantitative estimate of drug-likeness (QED) is 0.904. The van der Waals surface area contributed by atoms with E-state index in [-0.39, 0.29) is 0 Å². The number of rotatable bonds is 4. The van der Waals surface area contributed by atoms with E-state index < -0.39 is 0 Å². The minimum Gasteiger partial charge on any atom is -0.370 e. The van der Waals surface area contributed by atoms with Crippen LogP contribution in [0.2, 0.25) is 0 Å². The van der Waals surface area contributed by atoms with E-state index >= 15 is 0 Å². The van der Waals surface area contributed by atoms with E-state index in [1.54, 1.807) is 6.33 Å². The summed E-state index contributed by atoms with van der Waals surface area (Å²) in [7, 11) is 0. The molecule has 0 aromatic carbocycles. The monoisotopic (exact) mass is 262 g/mol. The number of aromatic nitrogens is 2. The second-order valence-corrected chi connectivity index (χ2v) is 5.85. The van der Waals surface area contributed by atoms with Crippen molar-refractivity contribution in [2.45, 2.75) is 47.0 Å². The lowest BCUT2D eigenvalue weighted by molar-refractivity contribution is 0.237. The summed E-state index contributed by atoms with van der Waals surface area (Å²) in [5.41, 5.74) is 1.69. The summed E-state index contributed by atoms with van der Waals surface area (Å²) >= 11 is 0. The summed E-state index contributed by atoms with van der Waals surface area (Å²) in [6.45, 7) is 12.0. The number of hydrogen-bond donors (Lipinski definition) is 1. The van der Waals surface area contributed by atoms with Crippen molar-refractivity contribution >= 4 is 11.6 Å². The zero-order chi connectivity index (χ0) is 13.9. The zero-order valence-electron chi connectivity index (χ0n) is 12.7. The van der Waals surface area contributed by atoms with Crippen LogP contribution < -0.4 is 10.2 Å². The van der Waals surface area contributed by atoms with Gasteiger partial charge in [-0.2, -0.15) is 0 Å². The molecule has 0 radical (unpaired) electrons. The molecule has 2 rings (SSSR count). The Labute approximate surface area is 116 Å². The molecule has 0 spiro atoms. The van der Waals surface area contributed by atoms with Crippen molar-refractivity contribution in [1.29, 1.82) is 0 Å². The number of nitrogens with one attached hydrogen (secondary N) is 1. The molecule has 106 valence electrons. The molecule has 1 aromatic rings. The Kier molecular flexibility index (Phi) is 4.27. The third kappa shape index (κ3) is 2.99. The second-order valence-electron chi connectivity index (χ2n) is 5.85. The van der Waals surface area contributed by atoms with Gasteiger partial charge in [-0.05, 0) is 32.1 Å². The maximum Gasteiger partial charge on any atom is 0.137 e. The summed E-state index contributed by atoms with van der Waals surface area (Å²) in [5.74, 6) is 2.07. The van der Waals surface area contributed by atoms with Gasteiger partial charge in [0.2, 0.25) is 0 Å². The van der Waals surface area contributed by atoms with Crippen LogP contribution in [0.3, 0.4) is 0 Å². The smallest absolute Gasteiger partial charge is 0.137 e. The van der Waals surface area contributed by atoms with Gasteiger partial charge in [0.25, 0.3) is 0 Å². The first-order valence-electron chi connectivity index (χ1n) is 7.40. The SMILES string of the molecule is CCNc1ncnc(N2CCC(C)(CC)CC2)c1C. The Morgan fingerprint density at radius 3 is 2.53 bits per heavy atom. The molecule has 2 heterocycles. The fourth-order valence-electron chi connectivity index (χ4n) is 2.72. The van der Waals surface area contributed by atoms with Crippen molar-refractivity contribution < 1.29 is 0 Å². The van der Waals surface area contributed by atoms with Gasteiger partial charge in [-0.15, -0.1) is 0 Å². The minimum absolute atomic E-state index is 0.516. The highest BCUT2D eigenvalue weighted by atomic mass is 15.2. The largest absolute Gasteiger partial charge is 0.370 e. The van der Waals surface area contributed by atoms with Gasteiger partial charge >= 0.3 is 0 Å². The molecule has 1 N–H and O–H groups in total. The van der Waals surface area contributed by atoms with Crippen LogP contribution in [-0.2, 0) is 0 Å². The van der Waals surface area contributed by atoms with Gasteiger partial charge in [-0.3, -0.25) is 0 Å². The molecule has 0 atom stereocenters. The molecule has 4 heteroatoms. The van der Waals surface area contributed by atoms with E-state index in [4.69, 9.17) is 0 Å². The molecule has 4 nitrogen and oxygen atoms in total.